The highest BCUT2D eigenvalue weighted by molar-refractivity contribution is 4.91. The molecule has 0 amide bonds. The van der Waals surface area contributed by atoms with E-state index < -0.39 is 0 Å². The van der Waals surface area contributed by atoms with Crippen LogP contribution in [0.4, 0.5) is 0 Å². The predicted molar refractivity (Wildman–Crippen MR) is 62.1 cm³/mol. The molecule has 4 nitrogen and oxygen atoms in total. The second kappa shape index (κ2) is 4.17. The first-order valence-electron chi connectivity index (χ1n) is 6.43. The Labute approximate surface area is 96.6 Å². The second-order valence-corrected chi connectivity index (χ2v) is 5.40. The van der Waals surface area contributed by atoms with Crippen LogP contribution < -0.4 is 0 Å². The molecule has 0 spiro atoms. The van der Waals surface area contributed by atoms with Crippen LogP contribution in [-0.2, 0) is 0 Å². The molecular formula is C12H20N4. The lowest BCUT2D eigenvalue weighted by atomic mass is 9.85. The quantitative estimate of drug-likeness (QED) is 0.761. The van der Waals surface area contributed by atoms with Crippen molar-refractivity contribution >= 4 is 0 Å². The summed E-state index contributed by atoms with van der Waals surface area (Å²) < 4.78 is 2.00. The minimum absolute atomic E-state index is 0.571. The van der Waals surface area contributed by atoms with Crippen molar-refractivity contribution in [3.63, 3.8) is 0 Å². The molecule has 3 rings (SSSR count). The average Bonchev–Trinajstić information content (AvgIpc) is 2.72. The van der Waals surface area contributed by atoms with Gasteiger partial charge in [-0.2, -0.15) is 0 Å². The van der Waals surface area contributed by atoms with Gasteiger partial charge in [0.2, 0.25) is 0 Å². The number of aromatic nitrogens is 3. The van der Waals surface area contributed by atoms with Gasteiger partial charge in [-0.05, 0) is 31.6 Å². The minimum atomic E-state index is 0.571. The maximum Gasteiger partial charge on any atom is 0.0790 e. The van der Waals surface area contributed by atoms with E-state index in [0.717, 1.165) is 12.0 Å². The summed E-state index contributed by atoms with van der Waals surface area (Å²) >= 11 is 0. The van der Waals surface area contributed by atoms with Crippen molar-refractivity contribution < 1.29 is 0 Å². The Hall–Kier alpha value is -0.900. The van der Waals surface area contributed by atoms with Crippen LogP contribution in [0.1, 0.15) is 38.6 Å². The minimum Gasteiger partial charge on any atom is -0.296 e. The lowest BCUT2D eigenvalue weighted by Crippen LogP contribution is -2.53. The van der Waals surface area contributed by atoms with Gasteiger partial charge in [0, 0.05) is 25.3 Å². The fourth-order valence-electron chi connectivity index (χ4n) is 2.97. The van der Waals surface area contributed by atoms with Crippen molar-refractivity contribution in [2.75, 3.05) is 13.1 Å². The summed E-state index contributed by atoms with van der Waals surface area (Å²) in [5.41, 5.74) is 0. The first-order chi connectivity index (χ1) is 7.83. The molecule has 0 radical (unpaired) electrons. The van der Waals surface area contributed by atoms with E-state index in [4.69, 9.17) is 0 Å². The standard InChI is InChI=1S/C12H20N4/c1-10-2-4-11(5-3-10)15-8-12(9-15)16-7-6-13-14-16/h6-7,10-12H,2-5,8-9H2,1H3. The zero-order valence-electron chi connectivity index (χ0n) is 9.92. The van der Waals surface area contributed by atoms with Gasteiger partial charge >= 0.3 is 0 Å². The third kappa shape index (κ3) is 1.86. The van der Waals surface area contributed by atoms with Gasteiger partial charge in [0.15, 0.2) is 0 Å². The maximum absolute atomic E-state index is 4.07. The largest absolute Gasteiger partial charge is 0.296 e. The molecule has 2 aliphatic rings. The Morgan fingerprint density at radius 3 is 2.44 bits per heavy atom. The van der Waals surface area contributed by atoms with E-state index in [1.807, 2.05) is 10.9 Å². The van der Waals surface area contributed by atoms with Crippen molar-refractivity contribution in [1.29, 1.82) is 0 Å². The third-order valence-corrected chi connectivity index (χ3v) is 4.21. The lowest BCUT2D eigenvalue weighted by Gasteiger charge is -2.46. The smallest absolute Gasteiger partial charge is 0.0790 e. The fraction of sp³-hybridized carbons (Fsp3) is 0.833. The molecule has 4 heteroatoms. The molecule has 1 aliphatic heterocycles. The molecule has 0 bridgehead atoms. The van der Waals surface area contributed by atoms with E-state index in [-0.39, 0.29) is 0 Å². The number of likely N-dealkylation sites (tertiary alicyclic amines) is 1. The van der Waals surface area contributed by atoms with Crippen LogP contribution in [0.15, 0.2) is 12.4 Å². The van der Waals surface area contributed by atoms with Crippen LogP contribution in [-0.4, -0.2) is 39.0 Å². The zero-order valence-corrected chi connectivity index (χ0v) is 9.92. The van der Waals surface area contributed by atoms with E-state index >= 15 is 0 Å². The van der Waals surface area contributed by atoms with Gasteiger partial charge in [-0.25, -0.2) is 4.68 Å². The van der Waals surface area contributed by atoms with Crippen LogP contribution in [0.3, 0.4) is 0 Å². The molecule has 1 aromatic rings. The van der Waals surface area contributed by atoms with Crippen LogP contribution in [0.5, 0.6) is 0 Å². The highest BCUT2D eigenvalue weighted by Crippen LogP contribution is 2.32. The van der Waals surface area contributed by atoms with Gasteiger partial charge in [-0.3, -0.25) is 4.90 Å². The molecule has 88 valence electrons. The van der Waals surface area contributed by atoms with Crippen LogP contribution in [0.25, 0.3) is 0 Å². The zero-order chi connectivity index (χ0) is 11.0. The van der Waals surface area contributed by atoms with Gasteiger partial charge in [0.05, 0.1) is 12.2 Å². The van der Waals surface area contributed by atoms with Gasteiger partial charge in [0.25, 0.3) is 0 Å². The van der Waals surface area contributed by atoms with Gasteiger partial charge < -0.3 is 0 Å². The molecule has 1 saturated carbocycles. The van der Waals surface area contributed by atoms with E-state index in [0.29, 0.717) is 6.04 Å². The fourth-order valence-corrected chi connectivity index (χ4v) is 2.97. The van der Waals surface area contributed by atoms with E-state index in [2.05, 4.69) is 22.1 Å². The van der Waals surface area contributed by atoms with Gasteiger partial charge in [0.1, 0.15) is 0 Å². The Morgan fingerprint density at radius 1 is 1.06 bits per heavy atom. The van der Waals surface area contributed by atoms with Crippen molar-refractivity contribution in [3.05, 3.63) is 12.4 Å². The summed E-state index contributed by atoms with van der Waals surface area (Å²) in [5, 5.41) is 7.94. The molecule has 2 fully saturated rings. The van der Waals surface area contributed by atoms with Crippen LogP contribution in [0.2, 0.25) is 0 Å². The molecule has 1 aromatic heterocycles. The number of hydrogen-bond donors (Lipinski definition) is 0. The van der Waals surface area contributed by atoms with E-state index in [9.17, 15) is 0 Å². The highest BCUT2D eigenvalue weighted by Gasteiger charge is 2.34. The van der Waals surface area contributed by atoms with Crippen LogP contribution in [0, 0.1) is 5.92 Å². The lowest BCUT2D eigenvalue weighted by molar-refractivity contribution is 0.0292. The molecule has 0 atom stereocenters. The molecule has 1 aliphatic carbocycles. The second-order valence-electron chi connectivity index (χ2n) is 5.40. The molecule has 0 N–H and O–H groups in total. The summed E-state index contributed by atoms with van der Waals surface area (Å²) in [6.07, 6.45) is 9.36. The highest BCUT2D eigenvalue weighted by atomic mass is 15.5. The Balaban J connectivity index is 1.50. The summed E-state index contributed by atoms with van der Waals surface area (Å²) in [6, 6.07) is 1.41. The summed E-state index contributed by atoms with van der Waals surface area (Å²) in [5.74, 6) is 0.948. The first kappa shape index (κ1) is 10.3. The molecule has 2 heterocycles. The third-order valence-electron chi connectivity index (χ3n) is 4.21. The van der Waals surface area contributed by atoms with Gasteiger partial charge in [-0.15, -0.1) is 5.10 Å². The topological polar surface area (TPSA) is 34.0 Å². The number of nitrogens with zero attached hydrogens (tertiary/aromatic N) is 4. The summed E-state index contributed by atoms with van der Waals surface area (Å²) in [7, 11) is 0. The number of rotatable bonds is 2. The monoisotopic (exact) mass is 220 g/mol. The predicted octanol–water partition coefficient (Wildman–Crippen LogP) is 1.71. The first-order valence-corrected chi connectivity index (χ1v) is 6.43. The maximum atomic E-state index is 4.07. The normalized spacial score (nSPS) is 32.6. The molecule has 0 unspecified atom stereocenters. The SMILES string of the molecule is CC1CCC(N2CC(n3ccnn3)C2)CC1. The molecular weight excluding hydrogens is 200 g/mol. The Kier molecular flexibility index (Phi) is 2.67. The Bertz CT molecular complexity index is 321. The van der Waals surface area contributed by atoms with E-state index in [1.165, 1.54) is 38.8 Å². The molecule has 1 saturated heterocycles. The van der Waals surface area contributed by atoms with Crippen molar-refractivity contribution in [3.8, 4) is 0 Å². The summed E-state index contributed by atoms with van der Waals surface area (Å²) in [4.78, 5) is 2.62. The number of hydrogen-bond acceptors (Lipinski definition) is 3. The molecule has 16 heavy (non-hydrogen) atoms. The van der Waals surface area contributed by atoms with Crippen molar-refractivity contribution in [2.45, 2.75) is 44.7 Å². The molecule has 0 aromatic carbocycles. The average molecular weight is 220 g/mol. The van der Waals surface area contributed by atoms with Gasteiger partial charge in [-0.1, -0.05) is 12.1 Å². The van der Waals surface area contributed by atoms with Crippen molar-refractivity contribution in [1.82, 2.24) is 19.9 Å². The van der Waals surface area contributed by atoms with E-state index in [1.54, 1.807) is 6.20 Å². The van der Waals surface area contributed by atoms with Crippen LogP contribution >= 0.6 is 0 Å². The Morgan fingerprint density at radius 2 is 1.81 bits per heavy atom. The summed E-state index contributed by atoms with van der Waals surface area (Å²) in [6.45, 7) is 4.72. The van der Waals surface area contributed by atoms with Crippen molar-refractivity contribution in [2.24, 2.45) is 5.92 Å².